The standard InChI is InChI=1S/C34H40N6O8/c1-22-31(42)39-26(18-23-10-5-4-6-11-23)33(44)37-15-16-40(34(45)25-12-7-8-13-35-25)21-29(41)36-14-9-17-48-30-27(46-2)19-24(32(43)38-22)20-28(30)47-3/h4-8,10-13,19-20,22,26H,9,14-18,21H2,1-3H3,(H,36,41)(H,37,44)(H,38,43)(H,39,42)/t22-,26+/m0/s1. The molecule has 3 aromatic rings. The Balaban J connectivity index is 1.61. The second-order valence-corrected chi connectivity index (χ2v) is 10.9. The number of amides is 5. The molecule has 2 aliphatic rings. The zero-order chi connectivity index (χ0) is 34.5. The Bertz CT molecular complexity index is 1560. The number of fused-ring (bicyclic) bond motifs is 19. The smallest absolute Gasteiger partial charge is 0.272 e. The van der Waals surface area contributed by atoms with E-state index in [-0.39, 0.29) is 67.7 Å². The van der Waals surface area contributed by atoms with Crippen molar-refractivity contribution >= 4 is 29.5 Å². The maximum Gasteiger partial charge on any atom is 0.272 e. The number of aromatic nitrogens is 1. The molecule has 0 aliphatic carbocycles. The number of ether oxygens (including phenoxy) is 3. The van der Waals surface area contributed by atoms with Crippen LogP contribution in [0.4, 0.5) is 0 Å². The van der Waals surface area contributed by atoms with Gasteiger partial charge in [0.05, 0.1) is 27.4 Å². The maximum absolute atomic E-state index is 13.5. The summed E-state index contributed by atoms with van der Waals surface area (Å²) in [5, 5.41) is 11.0. The molecule has 0 radical (unpaired) electrons. The van der Waals surface area contributed by atoms with E-state index in [2.05, 4.69) is 26.3 Å². The average molecular weight is 661 g/mol. The second-order valence-electron chi connectivity index (χ2n) is 10.9. The number of methoxy groups -OCH3 is 2. The lowest BCUT2D eigenvalue weighted by Gasteiger charge is -2.24. The first-order valence-electron chi connectivity index (χ1n) is 15.5. The first-order valence-corrected chi connectivity index (χ1v) is 15.5. The van der Waals surface area contributed by atoms with Gasteiger partial charge in [-0.25, -0.2) is 0 Å². The van der Waals surface area contributed by atoms with E-state index in [9.17, 15) is 24.0 Å². The van der Waals surface area contributed by atoms with Crippen molar-refractivity contribution in [3.63, 3.8) is 0 Å². The van der Waals surface area contributed by atoms with Crippen LogP contribution in [0.25, 0.3) is 0 Å². The van der Waals surface area contributed by atoms with Gasteiger partial charge in [0, 0.05) is 37.8 Å². The molecule has 2 aromatic carbocycles. The van der Waals surface area contributed by atoms with Crippen molar-refractivity contribution < 1.29 is 38.2 Å². The van der Waals surface area contributed by atoms with Crippen LogP contribution < -0.4 is 35.5 Å². The van der Waals surface area contributed by atoms with Crippen LogP contribution in [0.15, 0.2) is 66.9 Å². The number of carbonyl (C=O) groups excluding carboxylic acids is 5. The van der Waals surface area contributed by atoms with Crippen molar-refractivity contribution in [1.82, 2.24) is 31.2 Å². The molecule has 4 N–H and O–H groups in total. The summed E-state index contributed by atoms with van der Waals surface area (Å²) >= 11 is 0. The predicted octanol–water partition coefficient (Wildman–Crippen LogP) is 1.10. The van der Waals surface area contributed by atoms with E-state index in [1.54, 1.807) is 18.2 Å². The van der Waals surface area contributed by atoms with Gasteiger partial charge in [0.1, 0.15) is 17.8 Å². The van der Waals surface area contributed by atoms with Gasteiger partial charge in [-0.1, -0.05) is 36.4 Å². The third-order valence-corrected chi connectivity index (χ3v) is 7.46. The lowest BCUT2D eigenvalue weighted by Crippen LogP contribution is -2.54. The Hall–Kier alpha value is -5.66. The molecule has 0 unspecified atom stereocenters. The molecule has 48 heavy (non-hydrogen) atoms. The fourth-order valence-corrected chi connectivity index (χ4v) is 4.90. The number of hydrogen-bond donors (Lipinski definition) is 4. The number of nitrogens with one attached hydrogen (secondary N) is 4. The highest BCUT2D eigenvalue weighted by Crippen LogP contribution is 2.38. The fraction of sp³-hybridized carbons (Fsp3) is 0.353. The summed E-state index contributed by atoms with van der Waals surface area (Å²) in [6, 6.07) is 14.9. The largest absolute Gasteiger partial charge is 0.493 e. The van der Waals surface area contributed by atoms with E-state index >= 15 is 0 Å². The Labute approximate surface area is 278 Å². The van der Waals surface area contributed by atoms with Crippen LogP contribution >= 0.6 is 0 Å². The van der Waals surface area contributed by atoms with Crippen LogP contribution in [0.3, 0.4) is 0 Å². The normalized spacial score (nSPS) is 18.5. The maximum atomic E-state index is 13.5. The molecule has 5 amide bonds. The van der Waals surface area contributed by atoms with Crippen LogP contribution in [-0.2, 0) is 20.8 Å². The lowest BCUT2D eigenvalue weighted by molar-refractivity contribution is -0.129. The van der Waals surface area contributed by atoms with E-state index < -0.39 is 41.6 Å². The monoisotopic (exact) mass is 660 g/mol. The van der Waals surface area contributed by atoms with E-state index in [0.29, 0.717) is 6.42 Å². The summed E-state index contributed by atoms with van der Waals surface area (Å²) in [5.41, 5.74) is 1.10. The summed E-state index contributed by atoms with van der Waals surface area (Å²) in [7, 11) is 2.83. The average Bonchev–Trinajstić information content (AvgIpc) is 3.10. The van der Waals surface area contributed by atoms with Gasteiger partial charge < -0.3 is 40.4 Å². The number of nitrogens with zero attached hydrogens (tertiary/aromatic N) is 2. The second kappa shape index (κ2) is 17.3. The molecule has 14 heteroatoms. The molecule has 1 aromatic heterocycles. The quantitative estimate of drug-likeness (QED) is 0.292. The van der Waals surface area contributed by atoms with Gasteiger partial charge in [-0.3, -0.25) is 29.0 Å². The zero-order valence-corrected chi connectivity index (χ0v) is 27.1. The molecule has 0 spiro atoms. The number of hydrogen-bond acceptors (Lipinski definition) is 9. The van der Waals surface area contributed by atoms with Crippen molar-refractivity contribution in [1.29, 1.82) is 0 Å². The third kappa shape index (κ3) is 9.67. The molecule has 14 nitrogen and oxygen atoms in total. The van der Waals surface area contributed by atoms with E-state index in [4.69, 9.17) is 14.2 Å². The molecule has 0 fully saturated rings. The number of benzene rings is 2. The highest BCUT2D eigenvalue weighted by Gasteiger charge is 2.27. The first-order chi connectivity index (χ1) is 23.2. The molecule has 3 heterocycles. The molecule has 0 saturated carbocycles. The minimum Gasteiger partial charge on any atom is -0.493 e. The van der Waals surface area contributed by atoms with Crippen LogP contribution in [0.1, 0.15) is 39.8 Å². The van der Waals surface area contributed by atoms with E-state index in [0.717, 1.165) is 5.56 Å². The van der Waals surface area contributed by atoms with Gasteiger partial charge in [-0.2, -0.15) is 0 Å². The number of rotatable bonds is 5. The molecular weight excluding hydrogens is 620 g/mol. The predicted molar refractivity (Wildman–Crippen MR) is 175 cm³/mol. The van der Waals surface area contributed by atoms with Crippen molar-refractivity contribution in [2.24, 2.45) is 0 Å². The van der Waals surface area contributed by atoms with Crippen molar-refractivity contribution in [2.45, 2.75) is 31.8 Å². The van der Waals surface area contributed by atoms with Crippen LogP contribution in [0.5, 0.6) is 17.2 Å². The molecule has 254 valence electrons. The van der Waals surface area contributed by atoms with Crippen LogP contribution in [0.2, 0.25) is 0 Å². The number of carbonyl (C=O) groups is 5. The molecular formula is C34H40N6O8. The topological polar surface area (TPSA) is 177 Å². The zero-order valence-electron chi connectivity index (χ0n) is 27.1. The summed E-state index contributed by atoms with van der Waals surface area (Å²) in [5.74, 6) is -1.86. The lowest BCUT2D eigenvalue weighted by atomic mass is 10.0. The van der Waals surface area contributed by atoms with Gasteiger partial charge >= 0.3 is 0 Å². The summed E-state index contributed by atoms with van der Waals surface area (Å²) < 4.78 is 16.8. The molecule has 2 atom stereocenters. The van der Waals surface area contributed by atoms with Gasteiger partial charge in [-0.15, -0.1) is 0 Å². The molecule has 2 aliphatic heterocycles. The third-order valence-electron chi connectivity index (χ3n) is 7.46. The number of pyridine rings is 1. The first kappa shape index (κ1) is 35.2. The molecule has 0 saturated heterocycles. The van der Waals surface area contributed by atoms with Crippen molar-refractivity contribution in [3.8, 4) is 17.2 Å². The van der Waals surface area contributed by atoms with Gasteiger partial charge in [0.15, 0.2) is 11.5 Å². The van der Waals surface area contributed by atoms with Crippen molar-refractivity contribution in [2.75, 3.05) is 47.0 Å². The van der Waals surface area contributed by atoms with Crippen LogP contribution in [0, 0.1) is 0 Å². The van der Waals surface area contributed by atoms with E-state index in [1.807, 2.05) is 30.3 Å². The Morgan fingerprint density at radius 1 is 0.917 bits per heavy atom. The summed E-state index contributed by atoms with van der Waals surface area (Å²) in [6.45, 7) is 1.61. The minimum absolute atomic E-state index is 0.00860. The van der Waals surface area contributed by atoms with Crippen molar-refractivity contribution in [3.05, 3.63) is 83.7 Å². The SMILES string of the molecule is COc1cc2cc(OC)c1OCCCNC(=O)CN(C(=O)c1ccccn1)CCNC(=O)[C@@H](Cc1ccccc1)NC(=O)[C@H](C)NC2=O. The Kier molecular flexibility index (Phi) is 12.7. The minimum atomic E-state index is -1.03. The highest BCUT2D eigenvalue weighted by molar-refractivity contribution is 5.99. The molecule has 2 bridgehead atoms. The summed E-state index contributed by atoms with van der Waals surface area (Å²) in [6.07, 6.45) is 2.04. The molecule has 5 rings (SSSR count). The van der Waals surface area contributed by atoms with E-state index in [1.165, 1.54) is 44.4 Å². The highest BCUT2D eigenvalue weighted by atomic mass is 16.5. The van der Waals surface area contributed by atoms with Gasteiger partial charge in [0.25, 0.3) is 11.8 Å². The fourth-order valence-electron chi connectivity index (χ4n) is 4.90. The van der Waals surface area contributed by atoms with Gasteiger partial charge in [-0.05, 0) is 43.2 Å². The Morgan fingerprint density at radius 2 is 1.62 bits per heavy atom. The van der Waals surface area contributed by atoms with Gasteiger partial charge in [0.2, 0.25) is 23.5 Å². The summed E-state index contributed by atoms with van der Waals surface area (Å²) in [4.78, 5) is 71.6. The Morgan fingerprint density at radius 3 is 2.29 bits per heavy atom. The van der Waals surface area contributed by atoms with Crippen LogP contribution in [-0.4, -0.2) is 98.5 Å².